The number of amides is 1. The van der Waals surface area contributed by atoms with Crippen LogP contribution in [0.25, 0.3) is 0 Å². The SMILES string of the molecule is O=C(COc1ccccc1F)NCCOc1ccccc1. The first-order chi connectivity index (χ1) is 10.3. The van der Waals surface area contributed by atoms with Gasteiger partial charge in [0.1, 0.15) is 12.4 Å². The van der Waals surface area contributed by atoms with E-state index in [4.69, 9.17) is 9.47 Å². The molecule has 5 heteroatoms. The molecule has 4 nitrogen and oxygen atoms in total. The average molecular weight is 289 g/mol. The van der Waals surface area contributed by atoms with Crippen LogP contribution >= 0.6 is 0 Å². The third-order valence-electron chi connectivity index (χ3n) is 2.63. The minimum atomic E-state index is -0.488. The fraction of sp³-hybridized carbons (Fsp3) is 0.188. The van der Waals surface area contributed by atoms with Crippen LogP contribution in [-0.4, -0.2) is 25.7 Å². The molecule has 2 aromatic rings. The standard InChI is InChI=1S/C16H16FNO3/c17-14-8-4-5-9-15(14)21-12-16(19)18-10-11-20-13-6-2-1-3-7-13/h1-9H,10-12H2,(H,18,19). The molecule has 2 aromatic carbocycles. The summed E-state index contributed by atoms with van der Waals surface area (Å²) in [5.74, 6) is -0.00448. The molecule has 0 saturated carbocycles. The zero-order chi connectivity index (χ0) is 14.9. The number of hydrogen-bond acceptors (Lipinski definition) is 3. The van der Waals surface area contributed by atoms with Crippen molar-refractivity contribution >= 4 is 5.91 Å². The Balaban J connectivity index is 1.63. The average Bonchev–Trinajstić information content (AvgIpc) is 2.52. The molecule has 0 spiro atoms. The van der Waals surface area contributed by atoms with Crippen molar-refractivity contribution in [3.05, 3.63) is 60.4 Å². The maximum absolute atomic E-state index is 13.3. The number of halogens is 1. The van der Waals surface area contributed by atoms with Crippen LogP contribution in [0.1, 0.15) is 0 Å². The third-order valence-corrected chi connectivity index (χ3v) is 2.63. The van der Waals surface area contributed by atoms with Crippen molar-refractivity contribution in [2.75, 3.05) is 19.8 Å². The van der Waals surface area contributed by atoms with Gasteiger partial charge >= 0.3 is 0 Å². The second kappa shape index (κ2) is 7.89. The molecular formula is C16H16FNO3. The molecule has 1 amide bonds. The van der Waals surface area contributed by atoms with E-state index < -0.39 is 5.82 Å². The molecule has 0 fully saturated rings. The lowest BCUT2D eigenvalue weighted by Gasteiger charge is -2.09. The van der Waals surface area contributed by atoms with Crippen molar-refractivity contribution in [3.63, 3.8) is 0 Å². The molecule has 0 radical (unpaired) electrons. The second-order valence-electron chi connectivity index (χ2n) is 4.23. The quantitative estimate of drug-likeness (QED) is 0.796. The van der Waals surface area contributed by atoms with Crippen molar-refractivity contribution in [1.82, 2.24) is 5.32 Å². The number of para-hydroxylation sites is 2. The third kappa shape index (κ3) is 5.14. The Morgan fingerprint density at radius 3 is 2.48 bits per heavy atom. The summed E-state index contributed by atoms with van der Waals surface area (Å²) in [6, 6.07) is 15.3. The Morgan fingerprint density at radius 1 is 1.00 bits per heavy atom. The van der Waals surface area contributed by atoms with Crippen molar-refractivity contribution < 1.29 is 18.7 Å². The highest BCUT2D eigenvalue weighted by molar-refractivity contribution is 5.77. The van der Waals surface area contributed by atoms with Gasteiger partial charge in [0.05, 0.1) is 6.54 Å². The highest BCUT2D eigenvalue weighted by atomic mass is 19.1. The first-order valence-corrected chi connectivity index (χ1v) is 6.57. The lowest BCUT2D eigenvalue weighted by atomic mass is 10.3. The van der Waals surface area contributed by atoms with Crippen LogP contribution < -0.4 is 14.8 Å². The summed E-state index contributed by atoms with van der Waals surface area (Å²) in [5.41, 5.74) is 0. The van der Waals surface area contributed by atoms with Gasteiger partial charge in [-0.3, -0.25) is 4.79 Å². The van der Waals surface area contributed by atoms with Crippen LogP contribution in [0, 0.1) is 5.82 Å². The van der Waals surface area contributed by atoms with E-state index >= 15 is 0 Å². The van der Waals surface area contributed by atoms with E-state index in [9.17, 15) is 9.18 Å². The van der Waals surface area contributed by atoms with Crippen LogP contribution in [0.4, 0.5) is 4.39 Å². The van der Waals surface area contributed by atoms with Crippen LogP contribution in [0.15, 0.2) is 54.6 Å². The molecule has 21 heavy (non-hydrogen) atoms. The Morgan fingerprint density at radius 2 is 1.71 bits per heavy atom. The molecule has 0 bridgehead atoms. The minimum Gasteiger partial charge on any atom is -0.492 e. The van der Waals surface area contributed by atoms with Crippen molar-refractivity contribution in [2.45, 2.75) is 0 Å². The maximum Gasteiger partial charge on any atom is 0.258 e. The van der Waals surface area contributed by atoms with Crippen LogP contribution in [0.3, 0.4) is 0 Å². The van der Waals surface area contributed by atoms with E-state index in [0.29, 0.717) is 13.2 Å². The fourth-order valence-corrected chi connectivity index (χ4v) is 1.63. The Kier molecular flexibility index (Phi) is 5.58. The molecule has 0 aliphatic heterocycles. The van der Waals surface area contributed by atoms with Gasteiger partial charge in [-0.1, -0.05) is 30.3 Å². The summed E-state index contributed by atoms with van der Waals surface area (Å²) in [5, 5.41) is 2.63. The zero-order valence-corrected chi connectivity index (χ0v) is 11.4. The predicted molar refractivity (Wildman–Crippen MR) is 76.8 cm³/mol. The van der Waals surface area contributed by atoms with E-state index in [1.807, 2.05) is 30.3 Å². The summed E-state index contributed by atoms with van der Waals surface area (Å²) in [4.78, 5) is 11.5. The van der Waals surface area contributed by atoms with Crippen LogP contribution in [-0.2, 0) is 4.79 Å². The Labute approximate surface area is 122 Å². The summed E-state index contributed by atoms with van der Waals surface area (Å²) >= 11 is 0. The normalized spacial score (nSPS) is 9.95. The fourth-order valence-electron chi connectivity index (χ4n) is 1.63. The van der Waals surface area contributed by atoms with Gasteiger partial charge < -0.3 is 14.8 Å². The number of nitrogens with one attached hydrogen (secondary N) is 1. The van der Waals surface area contributed by atoms with Gasteiger partial charge in [-0.15, -0.1) is 0 Å². The molecule has 0 atom stereocenters. The van der Waals surface area contributed by atoms with E-state index in [-0.39, 0.29) is 18.3 Å². The zero-order valence-electron chi connectivity index (χ0n) is 11.4. The van der Waals surface area contributed by atoms with E-state index in [2.05, 4.69) is 5.32 Å². The largest absolute Gasteiger partial charge is 0.492 e. The highest BCUT2D eigenvalue weighted by Gasteiger charge is 2.05. The van der Waals surface area contributed by atoms with Gasteiger partial charge in [-0.25, -0.2) is 4.39 Å². The summed E-state index contributed by atoms with van der Waals surface area (Å²) in [7, 11) is 0. The lowest BCUT2D eigenvalue weighted by molar-refractivity contribution is -0.123. The summed E-state index contributed by atoms with van der Waals surface area (Å²) < 4.78 is 23.8. The van der Waals surface area contributed by atoms with Crippen molar-refractivity contribution in [1.29, 1.82) is 0 Å². The minimum absolute atomic E-state index is 0.0631. The molecule has 0 saturated heterocycles. The van der Waals surface area contributed by atoms with Crippen molar-refractivity contribution in [3.8, 4) is 11.5 Å². The van der Waals surface area contributed by atoms with Gasteiger partial charge in [0, 0.05) is 0 Å². The highest BCUT2D eigenvalue weighted by Crippen LogP contribution is 2.14. The first kappa shape index (κ1) is 14.8. The number of rotatable bonds is 7. The van der Waals surface area contributed by atoms with Gasteiger partial charge in [0.15, 0.2) is 18.2 Å². The number of carbonyl (C=O) groups excluding carboxylic acids is 1. The van der Waals surface area contributed by atoms with E-state index in [1.165, 1.54) is 12.1 Å². The van der Waals surface area contributed by atoms with E-state index in [0.717, 1.165) is 5.75 Å². The van der Waals surface area contributed by atoms with Gasteiger partial charge in [-0.2, -0.15) is 0 Å². The molecule has 0 heterocycles. The summed E-state index contributed by atoms with van der Waals surface area (Å²) in [6.45, 7) is 0.482. The van der Waals surface area contributed by atoms with Crippen molar-refractivity contribution in [2.24, 2.45) is 0 Å². The topological polar surface area (TPSA) is 47.6 Å². The van der Waals surface area contributed by atoms with Gasteiger partial charge in [-0.05, 0) is 24.3 Å². The molecule has 0 aliphatic carbocycles. The van der Waals surface area contributed by atoms with Crippen LogP contribution in [0.2, 0.25) is 0 Å². The monoisotopic (exact) mass is 289 g/mol. The Hall–Kier alpha value is -2.56. The van der Waals surface area contributed by atoms with E-state index in [1.54, 1.807) is 12.1 Å². The predicted octanol–water partition coefficient (Wildman–Crippen LogP) is 2.40. The molecule has 0 aliphatic rings. The Bertz CT molecular complexity index is 575. The second-order valence-corrected chi connectivity index (χ2v) is 4.23. The molecule has 1 N–H and O–H groups in total. The van der Waals surface area contributed by atoms with Gasteiger partial charge in [0.25, 0.3) is 5.91 Å². The molecule has 2 rings (SSSR count). The first-order valence-electron chi connectivity index (χ1n) is 6.57. The van der Waals surface area contributed by atoms with Crippen LogP contribution in [0.5, 0.6) is 11.5 Å². The number of hydrogen-bond donors (Lipinski definition) is 1. The molecule has 0 unspecified atom stereocenters. The molecule has 110 valence electrons. The smallest absolute Gasteiger partial charge is 0.258 e. The molecule has 0 aromatic heterocycles. The number of benzene rings is 2. The number of carbonyl (C=O) groups is 1. The molecular weight excluding hydrogens is 273 g/mol. The lowest BCUT2D eigenvalue weighted by Crippen LogP contribution is -2.32. The maximum atomic E-state index is 13.3. The summed E-state index contributed by atoms with van der Waals surface area (Å²) in [6.07, 6.45) is 0. The number of ether oxygens (including phenoxy) is 2. The van der Waals surface area contributed by atoms with Gasteiger partial charge in [0.2, 0.25) is 0 Å².